The van der Waals surface area contributed by atoms with Gasteiger partial charge in [0.2, 0.25) is 0 Å². The summed E-state index contributed by atoms with van der Waals surface area (Å²) in [6, 6.07) is 2.27. The molecule has 0 amide bonds. The van der Waals surface area contributed by atoms with E-state index >= 15 is 0 Å². The summed E-state index contributed by atoms with van der Waals surface area (Å²) in [7, 11) is 0. The first-order valence-electron chi connectivity index (χ1n) is 7.29. The summed E-state index contributed by atoms with van der Waals surface area (Å²) in [5.74, 6) is 1.09. The Labute approximate surface area is 115 Å². The Hall–Kier alpha value is -1.13. The molecule has 0 unspecified atom stereocenters. The third kappa shape index (κ3) is 2.47. The molecule has 19 heavy (non-hydrogen) atoms. The SMILES string of the molecule is C[C@@H]1CN(c2nc3c(cc2CN)CCC3)C[C@H](C)O1. The molecule has 4 heteroatoms. The van der Waals surface area contributed by atoms with Crippen molar-refractivity contribution in [3.05, 3.63) is 22.9 Å². The standard InChI is InChI=1S/C15H23N3O/c1-10-8-18(9-11(2)19-10)15-13(7-16)6-12-4-3-5-14(12)17-15/h6,10-11H,3-5,7-9,16H2,1-2H3/t10-,11+. The zero-order valence-electron chi connectivity index (χ0n) is 11.9. The van der Waals surface area contributed by atoms with Crippen molar-refractivity contribution in [2.45, 2.75) is 51.9 Å². The number of hydrogen-bond acceptors (Lipinski definition) is 4. The Morgan fingerprint density at radius 1 is 1.32 bits per heavy atom. The fourth-order valence-electron chi connectivity index (χ4n) is 3.28. The number of morpholine rings is 1. The smallest absolute Gasteiger partial charge is 0.133 e. The van der Waals surface area contributed by atoms with Crippen LogP contribution in [0.3, 0.4) is 0 Å². The van der Waals surface area contributed by atoms with Crippen LogP contribution >= 0.6 is 0 Å². The molecule has 2 N–H and O–H groups in total. The molecule has 1 saturated heterocycles. The van der Waals surface area contributed by atoms with Gasteiger partial charge in [-0.05, 0) is 44.7 Å². The lowest BCUT2D eigenvalue weighted by Gasteiger charge is -2.37. The van der Waals surface area contributed by atoms with Gasteiger partial charge in [0, 0.05) is 30.9 Å². The number of rotatable bonds is 2. The van der Waals surface area contributed by atoms with Gasteiger partial charge in [-0.15, -0.1) is 0 Å². The number of ether oxygens (including phenoxy) is 1. The van der Waals surface area contributed by atoms with Gasteiger partial charge in [0.05, 0.1) is 12.2 Å². The molecule has 3 rings (SSSR count). The maximum Gasteiger partial charge on any atom is 0.133 e. The Morgan fingerprint density at radius 2 is 2.05 bits per heavy atom. The third-order valence-electron chi connectivity index (χ3n) is 4.05. The van der Waals surface area contributed by atoms with Crippen LogP contribution in [0.25, 0.3) is 0 Å². The summed E-state index contributed by atoms with van der Waals surface area (Å²) in [5, 5.41) is 0. The molecule has 2 atom stereocenters. The van der Waals surface area contributed by atoms with Gasteiger partial charge < -0.3 is 15.4 Å². The molecule has 0 aromatic carbocycles. The van der Waals surface area contributed by atoms with Crippen LogP contribution in [0.5, 0.6) is 0 Å². The van der Waals surface area contributed by atoms with Crippen LogP contribution in [0.2, 0.25) is 0 Å². The molecule has 4 nitrogen and oxygen atoms in total. The number of hydrogen-bond donors (Lipinski definition) is 1. The Morgan fingerprint density at radius 3 is 2.74 bits per heavy atom. The second-order valence-corrected chi connectivity index (χ2v) is 5.80. The molecule has 104 valence electrons. The van der Waals surface area contributed by atoms with Crippen LogP contribution in [-0.2, 0) is 24.1 Å². The van der Waals surface area contributed by atoms with E-state index in [0.717, 1.165) is 31.7 Å². The van der Waals surface area contributed by atoms with E-state index in [4.69, 9.17) is 15.5 Å². The molecule has 0 radical (unpaired) electrons. The fourth-order valence-corrected chi connectivity index (χ4v) is 3.28. The Bertz CT molecular complexity index is 465. The maximum absolute atomic E-state index is 5.92. The molecule has 1 aliphatic heterocycles. The van der Waals surface area contributed by atoms with Gasteiger partial charge in [-0.25, -0.2) is 4.98 Å². The number of aromatic nitrogens is 1. The minimum Gasteiger partial charge on any atom is -0.372 e. The molecule has 1 aromatic heterocycles. The van der Waals surface area contributed by atoms with Crippen LogP contribution < -0.4 is 10.6 Å². The van der Waals surface area contributed by atoms with E-state index < -0.39 is 0 Å². The molecule has 0 bridgehead atoms. The van der Waals surface area contributed by atoms with E-state index in [0.29, 0.717) is 6.54 Å². The van der Waals surface area contributed by atoms with Gasteiger partial charge in [-0.3, -0.25) is 0 Å². The van der Waals surface area contributed by atoms with E-state index in [1.165, 1.54) is 23.2 Å². The summed E-state index contributed by atoms with van der Waals surface area (Å²) < 4.78 is 5.80. The predicted molar refractivity (Wildman–Crippen MR) is 76.4 cm³/mol. The molecular weight excluding hydrogens is 238 g/mol. The van der Waals surface area contributed by atoms with Crippen LogP contribution in [0.1, 0.15) is 37.1 Å². The first kappa shape index (κ1) is 12.9. The molecule has 0 saturated carbocycles. The van der Waals surface area contributed by atoms with Crippen LogP contribution in [0.15, 0.2) is 6.07 Å². The Kier molecular flexibility index (Phi) is 3.46. The number of anilines is 1. The highest BCUT2D eigenvalue weighted by Gasteiger charge is 2.26. The van der Waals surface area contributed by atoms with Crippen molar-refractivity contribution in [2.75, 3.05) is 18.0 Å². The number of aryl methyl sites for hydroxylation is 2. The van der Waals surface area contributed by atoms with Crippen LogP contribution in [-0.4, -0.2) is 30.3 Å². The average Bonchev–Trinajstić information content (AvgIpc) is 2.83. The molecule has 2 aliphatic rings. The number of pyridine rings is 1. The summed E-state index contributed by atoms with van der Waals surface area (Å²) in [6.07, 6.45) is 4.01. The van der Waals surface area contributed by atoms with Gasteiger partial charge in [0.15, 0.2) is 0 Å². The molecule has 0 spiro atoms. The van der Waals surface area contributed by atoms with E-state index in [-0.39, 0.29) is 12.2 Å². The molecule has 1 fully saturated rings. The summed E-state index contributed by atoms with van der Waals surface area (Å²) in [5.41, 5.74) is 9.78. The first-order valence-corrected chi connectivity index (χ1v) is 7.29. The second kappa shape index (κ2) is 5.10. The fraction of sp³-hybridized carbons (Fsp3) is 0.667. The second-order valence-electron chi connectivity index (χ2n) is 5.80. The van der Waals surface area contributed by atoms with Crippen molar-refractivity contribution < 1.29 is 4.74 Å². The van der Waals surface area contributed by atoms with Crippen molar-refractivity contribution in [2.24, 2.45) is 5.73 Å². The van der Waals surface area contributed by atoms with E-state index in [1.807, 2.05) is 0 Å². The van der Waals surface area contributed by atoms with Gasteiger partial charge in [-0.2, -0.15) is 0 Å². The first-order chi connectivity index (χ1) is 9.17. The monoisotopic (exact) mass is 261 g/mol. The molecular formula is C15H23N3O. The van der Waals surface area contributed by atoms with Crippen molar-refractivity contribution in [3.63, 3.8) is 0 Å². The van der Waals surface area contributed by atoms with E-state index in [1.54, 1.807) is 0 Å². The predicted octanol–water partition coefficient (Wildman–Crippen LogP) is 1.64. The van der Waals surface area contributed by atoms with Gasteiger partial charge in [0.1, 0.15) is 5.82 Å². The minimum atomic E-state index is 0.254. The van der Waals surface area contributed by atoms with Crippen molar-refractivity contribution in [3.8, 4) is 0 Å². The maximum atomic E-state index is 5.92. The van der Waals surface area contributed by atoms with Gasteiger partial charge in [0.25, 0.3) is 0 Å². The summed E-state index contributed by atoms with van der Waals surface area (Å²) >= 11 is 0. The highest BCUT2D eigenvalue weighted by molar-refractivity contribution is 5.51. The number of nitrogens with zero attached hydrogens (tertiary/aromatic N) is 2. The molecule has 2 heterocycles. The van der Waals surface area contributed by atoms with Gasteiger partial charge >= 0.3 is 0 Å². The van der Waals surface area contributed by atoms with Crippen LogP contribution in [0, 0.1) is 0 Å². The Balaban J connectivity index is 1.94. The highest BCUT2D eigenvalue weighted by Crippen LogP contribution is 2.28. The molecule has 1 aromatic rings. The lowest BCUT2D eigenvalue weighted by atomic mass is 10.1. The molecule has 1 aliphatic carbocycles. The average molecular weight is 261 g/mol. The van der Waals surface area contributed by atoms with Crippen LogP contribution in [0.4, 0.5) is 5.82 Å². The van der Waals surface area contributed by atoms with Crippen molar-refractivity contribution in [1.29, 1.82) is 0 Å². The highest BCUT2D eigenvalue weighted by atomic mass is 16.5. The quantitative estimate of drug-likeness (QED) is 0.879. The lowest BCUT2D eigenvalue weighted by Crippen LogP contribution is -2.46. The summed E-state index contributed by atoms with van der Waals surface area (Å²) in [4.78, 5) is 7.25. The van der Waals surface area contributed by atoms with E-state index in [9.17, 15) is 0 Å². The summed E-state index contributed by atoms with van der Waals surface area (Å²) in [6.45, 7) is 6.62. The van der Waals surface area contributed by atoms with Crippen molar-refractivity contribution >= 4 is 5.82 Å². The largest absolute Gasteiger partial charge is 0.372 e. The topological polar surface area (TPSA) is 51.4 Å². The minimum absolute atomic E-state index is 0.254. The normalized spacial score (nSPS) is 26.6. The van der Waals surface area contributed by atoms with E-state index in [2.05, 4.69) is 24.8 Å². The van der Waals surface area contributed by atoms with Gasteiger partial charge in [-0.1, -0.05) is 0 Å². The zero-order chi connectivity index (χ0) is 13.4. The zero-order valence-corrected chi connectivity index (χ0v) is 11.9. The van der Waals surface area contributed by atoms with Crippen molar-refractivity contribution in [1.82, 2.24) is 4.98 Å². The lowest BCUT2D eigenvalue weighted by molar-refractivity contribution is -0.00551. The number of nitrogens with two attached hydrogens (primary N) is 1. The number of fused-ring (bicyclic) bond motifs is 1. The third-order valence-corrected chi connectivity index (χ3v) is 4.05.